The number of ether oxygens (including phenoxy) is 1. The smallest absolute Gasteiger partial charge is 0.328 e. The molecule has 0 aliphatic rings. The van der Waals surface area contributed by atoms with E-state index in [2.05, 4.69) is 0 Å². The first-order valence-electron chi connectivity index (χ1n) is 6.04. The lowest BCUT2D eigenvalue weighted by molar-refractivity contribution is 0.300. The van der Waals surface area contributed by atoms with Crippen LogP contribution in [0.4, 0.5) is 10.1 Å². The van der Waals surface area contributed by atoms with E-state index in [4.69, 9.17) is 10.5 Å². The molecule has 7 heteroatoms. The second-order valence-electron chi connectivity index (χ2n) is 4.20. The van der Waals surface area contributed by atoms with Gasteiger partial charge in [0, 0.05) is 18.3 Å². The Morgan fingerprint density at radius 1 is 1.35 bits per heavy atom. The molecule has 0 atom stereocenters. The van der Waals surface area contributed by atoms with Crippen LogP contribution in [0.3, 0.4) is 0 Å². The fourth-order valence-corrected chi connectivity index (χ4v) is 1.68. The molecule has 1 heterocycles. The van der Waals surface area contributed by atoms with Gasteiger partial charge in [-0.3, -0.25) is 14.3 Å². The minimum atomic E-state index is -1.01. The SMILES string of the molecule is Nc1cccc(OCCCn2cc(F)c(=O)[nH]c2=O)c1. The third-order valence-corrected chi connectivity index (χ3v) is 2.64. The third-order valence-electron chi connectivity index (χ3n) is 2.64. The molecule has 1 aromatic carbocycles. The number of halogens is 1. The van der Waals surface area contributed by atoms with Gasteiger partial charge in [-0.15, -0.1) is 0 Å². The van der Waals surface area contributed by atoms with E-state index < -0.39 is 17.1 Å². The van der Waals surface area contributed by atoms with Crippen LogP contribution in [-0.2, 0) is 6.54 Å². The summed E-state index contributed by atoms with van der Waals surface area (Å²) in [6.07, 6.45) is 1.38. The molecule has 0 amide bonds. The number of rotatable bonds is 5. The first-order valence-corrected chi connectivity index (χ1v) is 6.04. The molecule has 0 saturated heterocycles. The molecule has 0 fully saturated rings. The lowest BCUT2D eigenvalue weighted by atomic mass is 10.3. The maximum Gasteiger partial charge on any atom is 0.328 e. The summed E-state index contributed by atoms with van der Waals surface area (Å²) in [6.45, 7) is 0.589. The van der Waals surface area contributed by atoms with Crippen molar-refractivity contribution >= 4 is 5.69 Å². The van der Waals surface area contributed by atoms with Gasteiger partial charge in [0.25, 0.3) is 5.56 Å². The summed E-state index contributed by atoms with van der Waals surface area (Å²) >= 11 is 0. The molecule has 106 valence electrons. The van der Waals surface area contributed by atoms with E-state index in [9.17, 15) is 14.0 Å². The molecule has 6 nitrogen and oxygen atoms in total. The number of nitrogens with zero attached hydrogens (tertiary/aromatic N) is 1. The van der Waals surface area contributed by atoms with E-state index in [1.165, 1.54) is 0 Å². The molecule has 1 aromatic heterocycles. The van der Waals surface area contributed by atoms with E-state index in [1.807, 2.05) is 4.98 Å². The highest BCUT2D eigenvalue weighted by Gasteiger charge is 2.03. The Kier molecular flexibility index (Phi) is 4.19. The van der Waals surface area contributed by atoms with Gasteiger partial charge in [-0.2, -0.15) is 4.39 Å². The highest BCUT2D eigenvalue weighted by atomic mass is 19.1. The number of hydrogen-bond acceptors (Lipinski definition) is 4. The van der Waals surface area contributed by atoms with E-state index in [1.54, 1.807) is 24.3 Å². The Morgan fingerprint density at radius 3 is 2.90 bits per heavy atom. The fraction of sp³-hybridized carbons (Fsp3) is 0.231. The van der Waals surface area contributed by atoms with Crippen molar-refractivity contribution in [3.05, 3.63) is 57.1 Å². The van der Waals surface area contributed by atoms with Gasteiger partial charge in [0.1, 0.15) is 5.75 Å². The standard InChI is InChI=1S/C13H14FN3O3/c14-11-8-17(13(19)16-12(11)18)5-2-6-20-10-4-1-3-9(15)7-10/h1,3-4,7-8H,2,5-6,15H2,(H,16,18,19). The van der Waals surface area contributed by atoms with Crippen LogP contribution in [0.2, 0.25) is 0 Å². The summed E-state index contributed by atoms with van der Waals surface area (Å²) in [4.78, 5) is 24.1. The van der Waals surface area contributed by atoms with Crippen LogP contribution in [0.25, 0.3) is 0 Å². The number of hydrogen-bond donors (Lipinski definition) is 2. The summed E-state index contributed by atoms with van der Waals surface area (Å²) in [5.41, 5.74) is 4.55. The molecule has 0 spiro atoms. The molecule has 0 unspecified atom stereocenters. The molecule has 3 N–H and O–H groups in total. The van der Waals surface area contributed by atoms with Crippen molar-refractivity contribution in [3.8, 4) is 5.75 Å². The zero-order chi connectivity index (χ0) is 14.5. The highest BCUT2D eigenvalue weighted by molar-refractivity contribution is 5.43. The Hall–Kier alpha value is -2.57. The molecule has 20 heavy (non-hydrogen) atoms. The second kappa shape index (κ2) is 6.05. The summed E-state index contributed by atoms with van der Waals surface area (Å²) in [5.74, 6) is -0.355. The molecular weight excluding hydrogens is 265 g/mol. The number of anilines is 1. The Bertz CT molecular complexity index is 708. The molecule has 2 aromatic rings. The van der Waals surface area contributed by atoms with E-state index in [0.717, 1.165) is 10.8 Å². The van der Waals surface area contributed by atoms with Crippen LogP contribution >= 0.6 is 0 Å². The van der Waals surface area contributed by atoms with Gasteiger partial charge in [0.2, 0.25) is 5.82 Å². The van der Waals surface area contributed by atoms with Crippen molar-refractivity contribution in [1.82, 2.24) is 9.55 Å². The van der Waals surface area contributed by atoms with E-state index >= 15 is 0 Å². The van der Waals surface area contributed by atoms with Crippen molar-refractivity contribution in [3.63, 3.8) is 0 Å². The monoisotopic (exact) mass is 279 g/mol. The lowest BCUT2D eigenvalue weighted by Gasteiger charge is -2.08. The number of H-pyrrole nitrogens is 1. The summed E-state index contributed by atoms with van der Waals surface area (Å²) in [7, 11) is 0. The van der Waals surface area contributed by atoms with Gasteiger partial charge in [-0.1, -0.05) is 6.07 Å². The summed E-state index contributed by atoms with van der Waals surface area (Å²) in [5, 5.41) is 0. The van der Waals surface area contributed by atoms with Crippen LogP contribution in [-0.4, -0.2) is 16.2 Å². The maximum absolute atomic E-state index is 13.0. The van der Waals surface area contributed by atoms with Gasteiger partial charge >= 0.3 is 5.69 Å². The Balaban J connectivity index is 1.89. The number of nitrogen functional groups attached to an aromatic ring is 1. The van der Waals surface area contributed by atoms with Crippen molar-refractivity contribution in [2.24, 2.45) is 0 Å². The normalized spacial score (nSPS) is 10.4. The van der Waals surface area contributed by atoms with Crippen LogP contribution in [0.1, 0.15) is 6.42 Å². The predicted molar refractivity (Wildman–Crippen MR) is 72.2 cm³/mol. The van der Waals surface area contributed by atoms with Crippen molar-refractivity contribution in [1.29, 1.82) is 0 Å². The number of benzene rings is 1. The van der Waals surface area contributed by atoms with Gasteiger partial charge in [-0.05, 0) is 18.6 Å². The largest absolute Gasteiger partial charge is 0.493 e. The Morgan fingerprint density at radius 2 is 2.15 bits per heavy atom. The highest BCUT2D eigenvalue weighted by Crippen LogP contribution is 2.14. The zero-order valence-electron chi connectivity index (χ0n) is 10.6. The van der Waals surface area contributed by atoms with Gasteiger partial charge < -0.3 is 10.5 Å². The number of aromatic amines is 1. The van der Waals surface area contributed by atoms with E-state index in [0.29, 0.717) is 24.5 Å². The van der Waals surface area contributed by atoms with Gasteiger partial charge in [-0.25, -0.2) is 4.79 Å². The van der Waals surface area contributed by atoms with Crippen molar-refractivity contribution in [2.75, 3.05) is 12.3 Å². The average Bonchev–Trinajstić information content (AvgIpc) is 2.40. The number of aromatic nitrogens is 2. The maximum atomic E-state index is 13.0. The second-order valence-corrected chi connectivity index (χ2v) is 4.20. The Labute approximate surface area is 113 Å². The molecule has 0 bridgehead atoms. The van der Waals surface area contributed by atoms with Gasteiger partial charge in [0.05, 0.1) is 12.8 Å². The third kappa shape index (κ3) is 3.47. The molecule has 0 aliphatic heterocycles. The van der Waals surface area contributed by atoms with Crippen molar-refractivity contribution < 1.29 is 9.13 Å². The molecule has 0 saturated carbocycles. The summed E-state index contributed by atoms with van der Waals surface area (Å²) < 4.78 is 19.6. The zero-order valence-corrected chi connectivity index (χ0v) is 10.6. The first kappa shape index (κ1) is 13.9. The number of nitrogens with two attached hydrogens (primary N) is 1. The first-order chi connectivity index (χ1) is 9.56. The number of nitrogens with one attached hydrogen (secondary N) is 1. The van der Waals surface area contributed by atoms with Gasteiger partial charge in [0.15, 0.2) is 0 Å². The van der Waals surface area contributed by atoms with Crippen molar-refractivity contribution in [2.45, 2.75) is 13.0 Å². The van der Waals surface area contributed by atoms with Crippen LogP contribution in [0.15, 0.2) is 40.1 Å². The fourth-order valence-electron chi connectivity index (χ4n) is 1.68. The number of aryl methyl sites for hydroxylation is 1. The van der Waals surface area contributed by atoms with E-state index in [-0.39, 0.29) is 6.54 Å². The molecule has 0 radical (unpaired) electrons. The molecular formula is C13H14FN3O3. The average molecular weight is 279 g/mol. The molecule has 2 rings (SSSR count). The van der Waals surface area contributed by atoms with Crippen LogP contribution in [0.5, 0.6) is 5.75 Å². The topological polar surface area (TPSA) is 90.1 Å². The van der Waals surface area contributed by atoms with Crippen LogP contribution < -0.4 is 21.7 Å². The predicted octanol–water partition coefficient (Wildman–Crippen LogP) is 0.727. The lowest BCUT2D eigenvalue weighted by Crippen LogP contribution is -2.31. The quantitative estimate of drug-likeness (QED) is 0.623. The minimum absolute atomic E-state index is 0.245. The summed E-state index contributed by atoms with van der Waals surface area (Å²) in [6, 6.07) is 6.97. The minimum Gasteiger partial charge on any atom is -0.493 e. The van der Waals surface area contributed by atoms with Crippen LogP contribution in [0, 0.1) is 5.82 Å². The molecule has 0 aliphatic carbocycles.